The molecule has 3 aromatic rings. The minimum absolute atomic E-state index is 0.634. The van der Waals surface area contributed by atoms with Crippen LogP contribution in [0.25, 0.3) is 11.0 Å². The third-order valence-corrected chi connectivity index (χ3v) is 5.82. The minimum Gasteiger partial charge on any atom is -0.496 e. The number of hydrogen-bond acceptors (Lipinski definition) is 3. The highest BCUT2D eigenvalue weighted by atomic mass is 16.5. The van der Waals surface area contributed by atoms with Gasteiger partial charge in [0, 0.05) is 6.54 Å². The van der Waals surface area contributed by atoms with Gasteiger partial charge in [-0.25, -0.2) is 4.98 Å². The van der Waals surface area contributed by atoms with E-state index in [0.717, 1.165) is 17.8 Å². The number of aryl methyl sites for hydroxylation is 1. The van der Waals surface area contributed by atoms with Gasteiger partial charge in [0.15, 0.2) is 0 Å². The van der Waals surface area contributed by atoms with Crippen molar-refractivity contribution in [3.05, 3.63) is 60.4 Å². The Hall–Kier alpha value is -2.33. The van der Waals surface area contributed by atoms with Gasteiger partial charge < -0.3 is 14.2 Å². The lowest BCUT2D eigenvalue weighted by Crippen LogP contribution is -2.33. The Balaban J connectivity index is 1.22. The summed E-state index contributed by atoms with van der Waals surface area (Å²) in [7, 11) is 1.78. The predicted molar refractivity (Wildman–Crippen MR) is 110 cm³/mol. The zero-order valence-corrected chi connectivity index (χ0v) is 16.2. The Labute approximate surface area is 161 Å². The second-order valence-corrected chi connectivity index (χ2v) is 7.49. The van der Waals surface area contributed by atoms with E-state index in [9.17, 15) is 0 Å². The molecule has 0 unspecified atom stereocenters. The fourth-order valence-corrected chi connectivity index (χ4v) is 4.28. The summed E-state index contributed by atoms with van der Waals surface area (Å²) in [6.07, 6.45) is 6.88. The van der Waals surface area contributed by atoms with E-state index >= 15 is 0 Å². The number of rotatable bonds is 7. The summed E-state index contributed by atoms with van der Waals surface area (Å²) >= 11 is 0. The van der Waals surface area contributed by atoms with Gasteiger partial charge in [0.25, 0.3) is 0 Å². The number of benzene rings is 2. The van der Waals surface area contributed by atoms with Gasteiger partial charge >= 0.3 is 0 Å². The normalized spacial score (nSPS) is 16.0. The monoisotopic (exact) mass is 363 g/mol. The van der Waals surface area contributed by atoms with Crippen molar-refractivity contribution in [1.82, 2.24) is 14.5 Å². The van der Waals surface area contributed by atoms with Crippen molar-refractivity contribution in [2.45, 2.75) is 38.1 Å². The van der Waals surface area contributed by atoms with Crippen molar-refractivity contribution in [3.63, 3.8) is 0 Å². The molecule has 0 aliphatic carbocycles. The highest BCUT2D eigenvalue weighted by Gasteiger charge is 2.22. The molecule has 1 fully saturated rings. The van der Waals surface area contributed by atoms with Crippen molar-refractivity contribution < 1.29 is 4.74 Å². The number of hydrogen-bond donors (Lipinski definition) is 0. The maximum Gasteiger partial charge on any atom is 0.122 e. The zero-order chi connectivity index (χ0) is 18.5. The van der Waals surface area contributed by atoms with Crippen LogP contribution in [0.1, 0.15) is 37.2 Å². The second-order valence-electron chi connectivity index (χ2n) is 7.49. The smallest absolute Gasteiger partial charge is 0.122 e. The second kappa shape index (κ2) is 8.57. The van der Waals surface area contributed by atoms with Gasteiger partial charge in [-0.2, -0.15) is 0 Å². The van der Waals surface area contributed by atoms with Crippen LogP contribution in [0.4, 0.5) is 0 Å². The predicted octanol–water partition coefficient (Wildman–Crippen LogP) is 4.70. The average Bonchev–Trinajstić information content (AvgIpc) is 3.15. The number of methoxy groups -OCH3 is 1. The molecular formula is C23H29N3O. The molecule has 0 bridgehead atoms. The number of fused-ring (bicyclic) bond motifs is 1. The van der Waals surface area contributed by atoms with Crippen molar-refractivity contribution in [2.24, 2.45) is 0 Å². The summed E-state index contributed by atoms with van der Waals surface area (Å²) in [6.45, 7) is 4.64. The Morgan fingerprint density at radius 2 is 1.70 bits per heavy atom. The molecule has 4 nitrogen and oxygen atoms in total. The SMILES string of the molecule is COc1ccccc1C1CCN(CCCCn2cnc3ccccc32)CC1. The molecule has 1 aromatic heterocycles. The summed E-state index contributed by atoms with van der Waals surface area (Å²) in [6, 6.07) is 16.9. The van der Waals surface area contributed by atoms with E-state index in [2.05, 4.69) is 56.9 Å². The van der Waals surface area contributed by atoms with Crippen LogP contribution in [0, 0.1) is 0 Å². The number of piperidine rings is 1. The molecular weight excluding hydrogens is 334 g/mol. The third kappa shape index (κ3) is 4.16. The fraction of sp³-hybridized carbons (Fsp3) is 0.435. The van der Waals surface area contributed by atoms with E-state index in [1.807, 2.05) is 12.4 Å². The Bertz CT molecular complexity index is 865. The van der Waals surface area contributed by atoms with E-state index in [1.165, 1.54) is 56.4 Å². The van der Waals surface area contributed by atoms with Gasteiger partial charge in [0.1, 0.15) is 5.75 Å². The molecule has 1 aliphatic heterocycles. The summed E-state index contributed by atoms with van der Waals surface area (Å²) in [4.78, 5) is 7.10. The summed E-state index contributed by atoms with van der Waals surface area (Å²) < 4.78 is 7.83. The number of nitrogens with zero attached hydrogens (tertiary/aromatic N) is 3. The summed E-state index contributed by atoms with van der Waals surface area (Å²) in [5, 5.41) is 0. The van der Waals surface area contributed by atoms with Crippen LogP contribution < -0.4 is 4.74 Å². The maximum atomic E-state index is 5.55. The van der Waals surface area contributed by atoms with E-state index in [1.54, 1.807) is 7.11 Å². The number of unbranched alkanes of at least 4 members (excludes halogenated alkanes) is 1. The lowest BCUT2D eigenvalue weighted by atomic mass is 9.89. The fourth-order valence-electron chi connectivity index (χ4n) is 4.28. The molecule has 2 aromatic carbocycles. The molecule has 4 heteroatoms. The first-order valence-electron chi connectivity index (χ1n) is 10.1. The number of aromatic nitrogens is 2. The average molecular weight is 364 g/mol. The molecule has 0 N–H and O–H groups in total. The lowest BCUT2D eigenvalue weighted by Gasteiger charge is -2.32. The molecule has 142 valence electrons. The van der Waals surface area contributed by atoms with Gasteiger partial charge in [-0.15, -0.1) is 0 Å². The van der Waals surface area contributed by atoms with Crippen LogP contribution in [0.2, 0.25) is 0 Å². The molecule has 0 saturated carbocycles. The first-order chi connectivity index (χ1) is 13.3. The molecule has 0 radical (unpaired) electrons. The summed E-state index contributed by atoms with van der Waals surface area (Å²) in [5.41, 5.74) is 3.72. The maximum absolute atomic E-state index is 5.55. The Morgan fingerprint density at radius 3 is 2.56 bits per heavy atom. The van der Waals surface area contributed by atoms with E-state index < -0.39 is 0 Å². The zero-order valence-electron chi connectivity index (χ0n) is 16.2. The Morgan fingerprint density at radius 1 is 0.963 bits per heavy atom. The van der Waals surface area contributed by atoms with Crippen molar-refractivity contribution in [2.75, 3.05) is 26.7 Å². The van der Waals surface area contributed by atoms with Gasteiger partial charge in [-0.05, 0) is 75.0 Å². The van der Waals surface area contributed by atoms with Crippen molar-refractivity contribution in [1.29, 1.82) is 0 Å². The molecule has 0 spiro atoms. The summed E-state index contributed by atoms with van der Waals surface area (Å²) in [5.74, 6) is 1.68. The van der Waals surface area contributed by atoms with Crippen LogP contribution in [0.15, 0.2) is 54.9 Å². The van der Waals surface area contributed by atoms with E-state index in [4.69, 9.17) is 4.74 Å². The highest BCUT2D eigenvalue weighted by Crippen LogP contribution is 2.34. The largest absolute Gasteiger partial charge is 0.496 e. The first-order valence-corrected chi connectivity index (χ1v) is 10.1. The van der Waals surface area contributed by atoms with Crippen molar-refractivity contribution >= 4 is 11.0 Å². The third-order valence-electron chi connectivity index (χ3n) is 5.82. The van der Waals surface area contributed by atoms with E-state index in [0.29, 0.717) is 5.92 Å². The Kier molecular flexibility index (Phi) is 5.73. The van der Waals surface area contributed by atoms with Crippen LogP contribution in [0.5, 0.6) is 5.75 Å². The quantitative estimate of drug-likeness (QED) is 0.570. The van der Waals surface area contributed by atoms with Crippen LogP contribution in [-0.4, -0.2) is 41.2 Å². The van der Waals surface area contributed by atoms with Crippen LogP contribution in [0.3, 0.4) is 0 Å². The molecule has 0 atom stereocenters. The van der Waals surface area contributed by atoms with E-state index in [-0.39, 0.29) is 0 Å². The van der Waals surface area contributed by atoms with Gasteiger partial charge in [-0.1, -0.05) is 30.3 Å². The first kappa shape index (κ1) is 18.1. The topological polar surface area (TPSA) is 30.3 Å². The number of likely N-dealkylation sites (tertiary alicyclic amines) is 1. The lowest BCUT2D eigenvalue weighted by molar-refractivity contribution is 0.206. The highest BCUT2D eigenvalue weighted by molar-refractivity contribution is 5.74. The van der Waals surface area contributed by atoms with Gasteiger partial charge in [0.2, 0.25) is 0 Å². The number of para-hydroxylation sites is 3. The molecule has 1 saturated heterocycles. The standard InChI is InChI=1S/C23H29N3O/c1-27-23-11-5-2-8-20(23)19-12-16-25(17-13-19)14-6-7-15-26-18-24-21-9-3-4-10-22(21)26/h2-5,8-11,18-19H,6-7,12-17H2,1H3. The minimum atomic E-state index is 0.634. The molecule has 2 heterocycles. The molecule has 27 heavy (non-hydrogen) atoms. The van der Waals surface area contributed by atoms with Crippen molar-refractivity contribution in [3.8, 4) is 5.75 Å². The van der Waals surface area contributed by atoms with Crippen LogP contribution in [-0.2, 0) is 6.54 Å². The molecule has 4 rings (SSSR count). The molecule has 1 aliphatic rings. The molecule has 0 amide bonds. The van der Waals surface area contributed by atoms with Crippen LogP contribution >= 0.6 is 0 Å². The van der Waals surface area contributed by atoms with Gasteiger partial charge in [0.05, 0.1) is 24.5 Å². The number of imidazole rings is 1. The van der Waals surface area contributed by atoms with Gasteiger partial charge in [-0.3, -0.25) is 0 Å². The number of ether oxygens (including phenoxy) is 1.